The SMILES string of the molecule is O=C(Nc1nc2c(s1)CN(S(=O)(=O)C1CC1)CC2)c1ccc(OC(F)(F)F)cc1. The van der Waals surface area contributed by atoms with Crippen molar-refractivity contribution in [3.05, 3.63) is 40.4 Å². The lowest BCUT2D eigenvalue weighted by Gasteiger charge is -2.25. The first kappa shape index (κ1) is 20.1. The number of hydrogen-bond donors (Lipinski definition) is 1. The van der Waals surface area contributed by atoms with Gasteiger partial charge >= 0.3 is 6.36 Å². The number of anilines is 1. The zero-order valence-corrected chi connectivity index (χ0v) is 16.5. The second-order valence-corrected chi connectivity index (χ2v) is 10.0. The van der Waals surface area contributed by atoms with Crippen molar-refractivity contribution in [3.63, 3.8) is 0 Å². The molecule has 1 fully saturated rings. The summed E-state index contributed by atoms with van der Waals surface area (Å²) in [5.74, 6) is -0.951. The van der Waals surface area contributed by atoms with Crippen LogP contribution in [0, 0.1) is 0 Å². The molecule has 0 bridgehead atoms. The zero-order chi connectivity index (χ0) is 20.8. The van der Waals surface area contributed by atoms with E-state index in [1.807, 2.05) is 0 Å². The number of nitrogens with zero attached hydrogens (tertiary/aromatic N) is 2. The lowest BCUT2D eigenvalue weighted by atomic mass is 10.2. The zero-order valence-electron chi connectivity index (χ0n) is 14.9. The Bertz CT molecular complexity index is 1030. The van der Waals surface area contributed by atoms with Crippen LogP contribution in [-0.4, -0.2) is 41.8 Å². The van der Waals surface area contributed by atoms with Crippen LogP contribution < -0.4 is 10.1 Å². The van der Waals surface area contributed by atoms with E-state index < -0.39 is 28.0 Å². The Labute approximate surface area is 168 Å². The molecule has 2 aromatic rings. The summed E-state index contributed by atoms with van der Waals surface area (Å²) in [4.78, 5) is 17.5. The quantitative estimate of drug-likeness (QED) is 0.761. The molecule has 29 heavy (non-hydrogen) atoms. The van der Waals surface area contributed by atoms with E-state index in [1.165, 1.54) is 27.8 Å². The summed E-state index contributed by atoms with van der Waals surface area (Å²) in [7, 11) is -3.27. The monoisotopic (exact) mass is 447 g/mol. The van der Waals surface area contributed by atoms with Crippen molar-refractivity contribution in [2.45, 2.75) is 37.4 Å². The molecule has 1 amide bonds. The van der Waals surface area contributed by atoms with E-state index in [0.717, 1.165) is 22.7 Å². The second kappa shape index (κ2) is 7.26. The summed E-state index contributed by atoms with van der Waals surface area (Å²) in [5, 5.41) is 2.65. The molecule has 1 saturated carbocycles. The van der Waals surface area contributed by atoms with Gasteiger partial charge < -0.3 is 4.74 Å². The molecule has 1 N–H and O–H groups in total. The summed E-state index contributed by atoms with van der Waals surface area (Å²) >= 11 is 1.20. The number of nitrogens with one attached hydrogen (secondary N) is 1. The minimum Gasteiger partial charge on any atom is -0.406 e. The van der Waals surface area contributed by atoms with Crippen LogP contribution in [0.4, 0.5) is 18.3 Å². The standard InChI is InChI=1S/C17H16F3N3O4S2/c18-17(19,20)27-11-3-1-10(2-4-11)15(24)22-16-21-13-7-8-23(9-14(13)28-16)29(25,26)12-5-6-12/h1-4,12H,5-9H2,(H,21,22,24). The first-order chi connectivity index (χ1) is 13.6. The minimum absolute atomic E-state index is 0.144. The van der Waals surface area contributed by atoms with Gasteiger partial charge in [0.15, 0.2) is 5.13 Å². The fourth-order valence-electron chi connectivity index (χ4n) is 3.00. The third-order valence-corrected chi connectivity index (χ3v) is 7.92. The van der Waals surface area contributed by atoms with Gasteiger partial charge in [0.2, 0.25) is 10.0 Å². The lowest BCUT2D eigenvalue weighted by molar-refractivity contribution is -0.274. The summed E-state index contributed by atoms with van der Waals surface area (Å²) in [6.45, 7) is 0.606. The lowest BCUT2D eigenvalue weighted by Crippen LogP contribution is -2.37. The molecule has 0 spiro atoms. The number of carbonyl (C=O) groups is 1. The Kier molecular flexibility index (Phi) is 5.03. The number of sulfonamides is 1. The van der Waals surface area contributed by atoms with Gasteiger partial charge in [0.25, 0.3) is 5.91 Å². The van der Waals surface area contributed by atoms with Crippen LogP contribution in [0.5, 0.6) is 5.75 Å². The second-order valence-electron chi connectivity index (χ2n) is 6.74. The Hall–Kier alpha value is -2.18. The van der Waals surface area contributed by atoms with Gasteiger partial charge in [0, 0.05) is 30.0 Å². The molecule has 2 aliphatic rings. The van der Waals surface area contributed by atoms with Crippen LogP contribution in [-0.2, 0) is 23.0 Å². The summed E-state index contributed by atoms with van der Waals surface area (Å²) in [6.07, 6.45) is -2.94. The van der Waals surface area contributed by atoms with Crippen molar-refractivity contribution in [1.82, 2.24) is 9.29 Å². The number of aromatic nitrogens is 1. The van der Waals surface area contributed by atoms with Crippen molar-refractivity contribution >= 4 is 32.4 Å². The van der Waals surface area contributed by atoms with E-state index in [2.05, 4.69) is 15.0 Å². The molecule has 7 nitrogen and oxygen atoms in total. The first-order valence-corrected chi connectivity index (χ1v) is 11.1. The fourth-order valence-corrected chi connectivity index (χ4v) is 5.91. The Balaban J connectivity index is 1.42. The maximum atomic E-state index is 12.4. The van der Waals surface area contributed by atoms with E-state index >= 15 is 0 Å². The van der Waals surface area contributed by atoms with E-state index in [0.29, 0.717) is 30.9 Å². The highest BCUT2D eigenvalue weighted by Crippen LogP contribution is 2.35. The Morgan fingerprint density at radius 1 is 1.24 bits per heavy atom. The smallest absolute Gasteiger partial charge is 0.406 e. The average molecular weight is 447 g/mol. The Morgan fingerprint density at radius 3 is 2.55 bits per heavy atom. The molecule has 0 atom stereocenters. The molecular weight excluding hydrogens is 431 g/mol. The van der Waals surface area contributed by atoms with Gasteiger partial charge in [-0.1, -0.05) is 0 Å². The van der Waals surface area contributed by atoms with Crippen molar-refractivity contribution in [2.75, 3.05) is 11.9 Å². The summed E-state index contributed by atoms with van der Waals surface area (Å²) in [6, 6.07) is 4.54. The third-order valence-electron chi connectivity index (χ3n) is 4.57. The third kappa shape index (κ3) is 4.54. The highest BCUT2D eigenvalue weighted by Gasteiger charge is 2.41. The molecule has 0 saturated heterocycles. The molecule has 12 heteroatoms. The van der Waals surface area contributed by atoms with Crippen LogP contribution in [0.3, 0.4) is 0 Å². The van der Waals surface area contributed by atoms with Crippen LogP contribution in [0.1, 0.15) is 33.8 Å². The predicted molar refractivity (Wildman–Crippen MR) is 99.2 cm³/mol. The number of halogens is 3. The van der Waals surface area contributed by atoms with Gasteiger partial charge in [0.1, 0.15) is 5.75 Å². The van der Waals surface area contributed by atoms with Gasteiger partial charge in [-0.3, -0.25) is 10.1 Å². The van der Waals surface area contributed by atoms with Gasteiger partial charge in [-0.15, -0.1) is 24.5 Å². The molecule has 2 heterocycles. The number of ether oxygens (including phenoxy) is 1. The number of carbonyl (C=O) groups excluding carboxylic acids is 1. The highest BCUT2D eigenvalue weighted by molar-refractivity contribution is 7.90. The maximum absolute atomic E-state index is 12.4. The molecule has 4 rings (SSSR count). The number of benzene rings is 1. The molecule has 1 aliphatic heterocycles. The average Bonchev–Trinajstić information content (AvgIpc) is 3.42. The van der Waals surface area contributed by atoms with Crippen molar-refractivity contribution < 1.29 is 31.1 Å². The fraction of sp³-hybridized carbons (Fsp3) is 0.412. The van der Waals surface area contributed by atoms with Crippen molar-refractivity contribution in [3.8, 4) is 5.75 Å². The molecule has 1 aromatic carbocycles. The maximum Gasteiger partial charge on any atom is 0.573 e. The van der Waals surface area contributed by atoms with Gasteiger partial charge in [-0.2, -0.15) is 4.31 Å². The van der Waals surface area contributed by atoms with Crippen LogP contribution in [0.15, 0.2) is 24.3 Å². The van der Waals surface area contributed by atoms with E-state index in [1.54, 1.807) is 0 Å². The summed E-state index contributed by atoms with van der Waals surface area (Å²) < 4.78 is 66.6. The van der Waals surface area contributed by atoms with Gasteiger partial charge in [-0.05, 0) is 37.1 Å². The molecule has 0 radical (unpaired) electrons. The van der Waals surface area contributed by atoms with Crippen molar-refractivity contribution in [1.29, 1.82) is 0 Å². The largest absolute Gasteiger partial charge is 0.573 e. The van der Waals surface area contributed by atoms with E-state index in [9.17, 15) is 26.4 Å². The topological polar surface area (TPSA) is 88.6 Å². The molecule has 156 valence electrons. The minimum atomic E-state index is -4.80. The Morgan fingerprint density at radius 2 is 1.93 bits per heavy atom. The van der Waals surface area contributed by atoms with Crippen LogP contribution >= 0.6 is 11.3 Å². The summed E-state index contributed by atoms with van der Waals surface area (Å²) in [5.41, 5.74) is 0.895. The molecule has 0 unspecified atom stereocenters. The van der Waals surface area contributed by atoms with E-state index in [4.69, 9.17) is 0 Å². The van der Waals surface area contributed by atoms with E-state index in [-0.39, 0.29) is 17.4 Å². The number of alkyl halides is 3. The molecular formula is C17H16F3N3O4S2. The highest BCUT2D eigenvalue weighted by atomic mass is 32.2. The van der Waals surface area contributed by atoms with Crippen LogP contribution in [0.25, 0.3) is 0 Å². The number of rotatable bonds is 5. The molecule has 1 aliphatic carbocycles. The van der Waals surface area contributed by atoms with Crippen LogP contribution in [0.2, 0.25) is 0 Å². The normalized spacial score (nSPS) is 17.6. The number of thiazole rings is 1. The number of fused-ring (bicyclic) bond motifs is 1. The number of amides is 1. The van der Waals surface area contributed by atoms with Gasteiger partial charge in [0.05, 0.1) is 10.9 Å². The van der Waals surface area contributed by atoms with Crippen molar-refractivity contribution in [2.24, 2.45) is 0 Å². The molecule has 1 aromatic heterocycles. The van der Waals surface area contributed by atoms with Gasteiger partial charge in [-0.25, -0.2) is 13.4 Å². The number of hydrogen-bond acceptors (Lipinski definition) is 6. The first-order valence-electron chi connectivity index (χ1n) is 8.76. The predicted octanol–water partition coefficient (Wildman–Crippen LogP) is 3.14.